The number of rotatable bonds is 2. The first-order valence-electron chi connectivity index (χ1n) is 7.35. The number of ether oxygens (including phenoxy) is 2. The summed E-state index contributed by atoms with van der Waals surface area (Å²) in [5, 5.41) is 0.130. The molecule has 0 spiro atoms. The minimum Gasteiger partial charge on any atom is -0.490 e. The summed E-state index contributed by atoms with van der Waals surface area (Å²) in [6, 6.07) is 6.21. The van der Waals surface area contributed by atoms with Crippen molar-refractivity contribution in [2.24, 2.45) is 17.8 Å². The normalized spacial score (nSPS) is 33.4. The quantitative estimate of drug-likeness (QED) is 0.756. The lowest BCUT2D eigenvalue weighted by atomic mass is 9.94. The van der Waals surface area contributed by atoms with Crippen LogP contribution in [0.4, 0.5) is 0 Å². The highest BCUT2D eigenvalue weighted by Gasteiger charge is 2.47. The van der Waals surface area contributed by atoms with Crippen LogP contribution < -0.4 is 9.47 Å². The second-order valence-electron chi connectivity index (χ2n) is 6.15. The van der Waals surface area contributed by atoms with Gasteiger partial charge < -0.3 is 9.47 Å². The van der Waals surface area contributed by atoms with Gasteiger partial charge in [0, 0.05) is 6.42 Å². The summed E-state index contributed by atoms with van der Waals surface area (Å²) in [6.07, 6.45) is 5.02. The maximum atomic E-state index is 6.69. The average Bonchev–Trinajstić information content (AvgIpc) is 3.12. The zero-order chi connectivity index (χ0) is 12.8. The second kappa shape index (κ2) is 4.59. The largest absolute Gasteiger partial charge is 0.490 e. The third-order valence-electron chi connectivity index (χ3n) is 4.78. The SMILES string of the molecule is ClC(c1ccc2c(c1)OCCCO2)C1CC2CC2C1. The van der Waals surface area contributed by atoms with E-state index in [9.17, 15) is 0 Å². The monoisotopic (exact) mass is 278 g/mol. The van der Waals surface area contributed by atoms with Crippen molar-refractivity contribution in [3.05, 3.63) is 23.8 Å². The Morgan fingerprint density at radius 3 is 2.53 bits per heavy atom. The van der Waals surface area contributed by atoms with E-state index in [1.54, 1.807) is 0 Å². The summed E-state index contributed by atoms with van der Waals surface area (Å²) < 4.78 is 11.4. The van der Waals surface area contributed by atoms with Crippen LogP contribution in [-0.2, 0) is 0 Å². The van der Waals surface area contributed by atoms with Crippen LogP contribution in [0.15, 0.2) is 18.2 Å². The summed E-state index contributed by atoms with van der Waals surface area (Å²) in [4.78, 5) is 0. The Morgan fingerprint density at radius 1 is 1.00 bits per heavy atom. The number of hydrogen-bond acceptors (Lipinski definition) is 2. The number of fused-ring (bicyclic) bond motifs is 2. The Labute approximate surface area is 119 Å². The summed E-state index contributed by atoms with van der Waals surface area (Å²) >= 11 is 6.69. The van der Waals surface area contributed by atoms with E-state index in [-0.39, 0.29) is 5.38 Å². The van der Waals surface area contributed by atoms with Gasteiger partial charge in [-0.25, -0.2) is 0 Å². The van der Waals surface area contributed by atoms with Gasteiger partial charge in [0.2, 0.25) is 0 Å². The standard InChI is InChI=1S/C16H19ClO2/c17-16(13-7-11-6-12(11)8-13)10-2-3-14-15(9-10)19-5-1-4-18-14/h2-3,9,11-13,16H,1,4-8H2. The third-order valence-corrected chi connectivity index (χ3v) is 5.39. The molecular formula is C16H19ClO2. The molecule has 3 unspecified atom stereocenters. The molecule has 0 bridgehead atoms. The predicted octanol–water partition coefficient (Wildman–Crippen LogP) is 4.17. The minimum atomic E-state index is 0.130. The van der Waals surface area contributed by atoms with Gasteiger partial charge in [0.05, 0.1) is 18.6 Å². The molecule has 102 valence electrons. The minimum absolute atomic E-state index is 0.130. The van der Waals surface area contributed by atoms with Crippen LogP contribution in [0.25, 0.3) is 0 Å². The van der Waals surface area contributed by atoms with Crippen molar-refractivity contribution in [3.63, 3.8) is 0 Å². The van der Waals surface area contributed by atoms with Crippen LogP contribution in [0.1, 0.15) is 36.6 Å². The van der Waals surface area contributed by atoms with E-state index in [0.717, 1.165) is 43.0 Å². The van der Waals surface area contributed by atoms with Gasteiger partial charge in [-0.15, -0.1) is 11.6 Å². The average molecular weight is 279 g/mol. The highest BCUT2D eigenvalue weighted by atomic mass is 35.5. The molecule has 0 saturated heterocycles. The third kappa shape index (κ3) is 2.20. The molecule has 0 aromatic heterocycles. The summed E-state index contributed by atoms with van der Waals surface area (Å²) in [5.41, 5.74) is 1.19. The Hall–Kier alpha value is -0.890. The molecule has 0 amide bonds. The zero-order valence-electron chi connectivity index (χ0n) is 11.0. The Balaban J connectivity index is 1.55. The highest BCUT2D eigenvalue weighted by molar-refractivity contribution is 6.21. The molecule has 0 radical (unpaired) electrons. The van der Waals surface area contributed by atoms with Crippen LogP contribution in [0.2, 0.25) is 0 Å². The number of hydrogen-bond donors (Lipinski definition) is 0. The van der Waals surface area contributed by atoms with Gasteiger partial charge in [0.25, 0.3) is 0 Å². The van der Waals surface area contributed by atoms with Crippen molar-refractivity contribution < 1.29 is 9.47 Å². The van der Waals surface area contributed by atoms with E-state index < -0.39 is 0 Å². The number of halogens is 1. The first-order valence-corrected chi connectivity index (χ1v) is 7.78. The van der Waals surface area contributed by atoms with E-state index in [2.05, 4.69) is 12.1 Å². The van der Waals surface area contributed by atoms with Gasteiger partial charge in [0.1, 0.15) is 0 Å². The van der Waals surface area contributed by atoms with Crippen LogP contribution >= 0.6 is 11.6 Å². The Kier molecular flexibility index (Phi) is 2.87. The zero-order valence-corrected chi connectivity index (χ0v) is 11.7. The van der Waals surface area contributed by atoms with Crippen LogP contribution in [0, 0.1) is 17.8 Å². The molecular weight excluding hydrogens is 260 g/mol. The molecule has 0 N–H and O–H groups in total. The molecule has 19 heavy (non-hydrogen) atoms. The molecule has 1 heterocycles. The van der Waals surface area contributed by atoms with Crippen molar-refractivity contribution in [3.8, 4) is 11.5 Å². The first kappa shape index (κ1) is 11.9. The Morgan fingerprint density at radius 2 is 1.74 bits per heavy atom. The molecule has 3 heteroatoms. The van der Waals surface area contributed by atoms with Crippen LogP contribution in [0.5, 0.6) is 11.5 Å². The molecule has 1 aliphatic heterocycles. The summed E-state index contributed by atoms with van der Waals surface area (Å²) in [7, 11) is 0. The summed E-state index contributed by atoms with van der Waals surface area (Å²) in [5.74, 6) is 4.33. The van der Waals surface area contributed by atoms with Crippen molar-refractivity contribution in [1.82, 2.24) is 0 Å². The number of benzene rings is 1. The fourth-order valence-electron chi connectivity index (χ4n) is 3.62. The smallest absolute Gasteiger partial charge is 0.161 e. The van der Waals surface area contributed by atoms with E-state index in [1.165, 1.54) is 24.8 Å². The molecule has 3 atom stereocenters. The van der Waals surface area contributed by atoms with Gasteiger partial charge in [-0.05, 0) is 54.7 Å². The van der Waals surface area contributed by atoms with E-state index >= 15 is 0 Å². The van der Waals surface area contributed by atoms with Gasteiger partial charge in [-0.3, -0.25) is 0 Å². The maximum Gasteiger partial charge on any atom is 0.161 e. The first-order chi connectivity index (χ1) is 9.31. The van der Waals surface area contributed by atoms with Gasteiger partial charge in [-0.2, -0.15) is 0 Å². The fourth-order valence-corrected chi connectivity index (χ4v) is 3.97. The van der Waals surface area contributed by atoms with Crippen LogP contribution in [-0.4, -0.2) is 13.2 Å². The van der Waals surface area contributed by atoms with Gasteiger partial charge >= 0.3 is 0 Å². The van der Waals surface area contributed by atoms with E-state index in [0.29, 0.717) is 5.92 Å². The van der Waals surface area contributed by atoms with Crippen molar-refractivity contribution in [2.75, 3.05) is 13.2 Å². The lowest BCUT2D eigenvalue weighted by molar-refractivity contribution is 0.297. The number of alkyl halides is 1. The Bertz CT molecular complexity index is 478. The fraction of sp³-hybridized carbons (Fsp3) is 0.625. The lowest BCUT2D eigenvalue weighted by Crippen LogP contribution is -2.06. The van der Waals surface area contributed by atoms with Crippen molar-refractivity contribution in [1.29, 1.82) is 0 Å². The molecule has 2 aliphatic carbocycles. The van der Waals surface area contributed by atoms with E-state index in [4.69, 9.17) is 21.1 Å². The van der Waals surface area contributed by atoms with Crippen LogP contribution in [0.3, 0.4) is 0 Å². The predicted molar refractivity (Wildman–Crippen MR) is 75.0 cm³/mol. The molecule has 1 aromatic rings. The maximum absolute atomic E-state index is 6.69. The molecule has 2 nitrogen and oxygen atoms in total. The molecule has 2 saturated carbocycles. The molecule has 4 rings (SSSR count). The van der Waals surface area contributed by atoms with Gasteiger partial charge in [0.15, 0.2) is 11.5 Å². The topological polar surface area (TPSA) is 18.5 Å². The van der Waals surface area contributed by atoms with Gasteiger partial charge in [-0.1, -0.05) is 6.07 Å². The van der Waals surface area contributed by atoms with E-state index in [1.807, 2.05) is 6.07 Å². The summed E-state index contributed by atoms with van der Waals surface area (Å²) in [6.45, 7) is 1.47. The second-order valence-corrected chi connectivity index (χ2v) is 6.62. The molecule has 3 aliphatic rings. The highest BCUT2D eigenvalue weighted by Crippen LogP contribution is 2.58. The molecule has 1 aromatic carbocycles. The lowest BCUT2D eigenvalue weighted by Gasteiger charge is -2.20. The van der Waals surface area contributed by atoms with Crippen molar-refractivity contribution in [2.45, 2.75) is 31.1 Å². The molecule has 2 fully saturated rings. The van der Waals surface area contributed by atoms with Crippen molar-refractivity contribution >= 4 is 11.6 Å².